The minimum atomic E-state index is -0.148. The molecule has 122 valence electrons. The highest BCUT2D eigenvalue weighted by atomic mass is 16.5. The van der Waals surface area contributed by atoms with Crippen LogP contribution in [0.2, 0.25) is 0 Å². The number of nitriles is 1. The molecule has 0 spiro atoms. The summed E-state index contributed by atoms with van der Waals surface area (Å²) in [6.45, 7) is 3.04. The lowest BCUT2D eigenvalue weighted by atomic mass is 10.1. The van der Waals surface area contributed by atoms with Gasteiger partial charge in [0, 0.05) is 25.7 Å². The van der Waals surface area contributed by atoms with Crippen LogP contribution in [0.5, 0.6) is 0 Å². The van der Waals surface area contributed by atoms with E-state index in [4.69, 9.17) is 4.74 Å². The van der Waals surface area contributed by atoms with Gasteiger partial charge >= 0.3 is 0 Å². The van der Waals surface area contributed by atoms with Gasteiger partial charge in [-0.15, -0.1) is 0 Å². The van der Waals surface area contributed by atoms with Crippen LogP contribution in [-0.2, 0) is 16.1 Å². The van der Waals surface area contributed by atoms with E-state index in [1.807, 2.05) is 35.2 Å². The van der Waals surface area contributed by atoms with Gasteiger partial charge in [0.15, 0.2) is 0 Å². The summed E-state index contributed by atoms with van der Waals surface area (Å²) < 4.78 is 5.58. The second-order valence-electron chi connectivity index (χ2n) is 6.24. The summed E-state index contributed by atoms with van der Waals surface area (Å²) in [5.41, 5.74) is 1.11. The highest BCUT2D eigenvalue weighted by molar-refractivity contribution is 5.76. The van der Waals surface area contributed by atoms with E-state index in [2.05, 4.69) is 11.0 Å². The van der Waals surface area contributed by atoms with Crippen LogP contribution >= 0.6 is 0 Å². The average molecular weight is 313 g/mol. The van der Waals surface area contributed by atoms with Crippen molar-refractivity contribution in [1.82, 2.24) is 9.80 Å². The zero-order valence-corrected chi connectivity index (χ0v) is 13.4. The van der Waals surface area contributed by atoms with Crippen LogP contribution in [-0.4, -0.2) is 54.0 Å². The third-order valence-electron chi connectivity index (χ3n) is 4.51. The molecule has 5 nitrogen and oxygen atoms in total. The van der Waals surface area contributed by atoms with E-state index < -0.39 is 0 Å². The molecular weight excluding hydrogens is 290 g/mol. The summed E-state index contributed by atoms with van der Waals surface area (Å²) in [4.78, 5) is 16.4. The lowest BCUT2D eigenvalue weighted by Gasteiger charge is -2.38. The van der Waals surface area contributed by atoms with E-state index >= 15 is 0 Å². The summed E-state index contributed by atoms with van der Waals surface area (Å²) >= 11 is 0. The Balaban J connectivity index is 1.39. The Morgan fingerprint density at radius 1 is 1.26 bits per heavy atom. The molecule has 1 aliphatic heterocycles. The fourth-order valence-corrected chi connectivity index (χ4v) is 3.06. The molecule has 1 atom stereocenters. The first kappa shape index (κ1) is 16.0. The monoisotopic (exact) mass is 313 g/mol. The number of hydrogen-bond donors (Lipinski definition) is 0. The van der Waals surface area contributed by atoms with E-state index in [1.165, 1.54) is 12.8 Å². The normalized spacial score (nSPS) is 21.9. The summed E-state index contributed by atoms with van der Waals surface area (Å²) in [7, 11) is 0. The Morgan fingerprint density at radius 2 is 2.04 bits per heavy atom. The van der Waals surface area contributed by atoms with Crippen LogP contribution in [0.1, 0.15) is 24.8 Å². The standard InChI is InChI=1S/C18H23N3O2/c19-12-17-13-20(9-10-21(17)16-6-7-16)18(22)8-11-23-14-15-4-2-1-3-5-15/h1-5,16-17H,6-11,13-14H2. The molecule has 1 heterocycles. The van der Waals surface area contributed by atoms with Crippen LogP contribution in [0, 0.1) is 11.3 Å². The fourth-order valence-electron chi connectivity index (χ4n) is 3.06. The van der Waals surface area contributed by atoms with Crippen molar-refractivity contribution in [2.45, 2.75) is 38.0 Å². The zero-order valence-electron chi connectivity index (χ0n) is 13.4. The molecule has 2 fully saturated rings. The fraction of sp³-hybridized carbons (Fsp3) is 0.556. The number of carbonyl (C=O) groups is 1. The minimum Gasteiger partial charge on any atom is -0.376 e. The van der Waals surface area contributed by atoms with Crippen molar-refractivity contribution >= 4 is 5.91 Å². The molecule has 1 saturated carbocycles. The number of rotatable bonds is 6. The van der Waals surface area contributed by atoms with Crippen molar-refractivity contribution < 1.29 is 9.53 Å². The highest BCUT2D eigenvalue weighted by Crippen LogP contribution is 2.30. The average Bonchev–Trinajstić information content (AvgIpc) is 3.44. The Labute approximate surface area is 137 Å². The Hall–Kier alpha value is -1.90. The smallest absolute Gasteiger partial charge is 0.225 e. The molecule has 1 amide bonds. The second kappa shape index (κ2) is 7.58. The molecule has 5 heteroatoms. The van der Waals surface area contributed by atoms with Gasteiger partial charge in [0.05, 0.1) is 25.7 Å². The van der Waals surface area contributed by atoms with Crippen molar-refractivity contribution in [2.24, 2.45) is 0 Å². The summed E-state index contributed by atoms with van der Waals surface area (Å²) in [6.07, 6.45) is 2.77. The SMILES string of the molecule is N#CC1CN(C(=O)CCOCc2ccccc2)CCN1C1CC1. The first-order chi connectivity index (χ1) is 11.3. The maximum absolute atomic E-state index is 12.3. The lowest BCUT2D eigenvalue weighted by molar-refractivity contribution is -0.135. The number of carbonyl (C=O) groups excluding carboxylic acids is 1. The number of piperazine rings is 1. The predicted octanol–water partition coefficient (Wildman–Crippen LogP) is 1.79. The number of hydrogen-bond acceptors (Lipinski definition) is 4. The topological polar surface area (TPSA) is 56.6 Å². The van der Waals surface area contributed by atoms with Crippen LogP contribution in [0.15, 0.2) is 30.3 Å². The first-order valence-electron chi connectivity index (χ1n) is 8.32. The van der Waals surface area contributed by atoms with Gasteiger partial charge < -0.3 is 9.64 Å². The minimum absolute atomic E-state index is 0.0914. The molecule has 1 unspecified atom stereocenters. The summed E-state index contributed by atoms with van der Waals surface area (Å²) in [6, 6.07) is 12.7. The summed E-state index contributed by atoms with van der Waals surface area (Å²) in [5.74, 6) is 0.0914. The molecule has 1 aliphatic carbocycles. The molecule has 23 heavy (non-hydrogen) atoms. The lowest BCUT2D eigenvalue weighted by Crippen LogP contribution is -2.55. The van der Waals surface area contributed by atoms with E-state index in [0.717, 1.165) is 18.7 Å². The van der Waals surface area contributed by atoms with E-state index in [0.29, 0.717) is 32.2 Å². The van der Waals surface area contributed by atoms with Crippen LogP contribution < -0.4 is 0 Å². The molecular formula is C18H23N3O2. The van der Waals surface area contributed by atoms with Gasteiger partial charge in [-0.25, -0.2) is 0 Å². The maximum Gasteiger partial charge on any atom is 0.225 e. The van der Waals surface area contributed by atoms with E-state index in [-0.39, 0.29) is 11.9 Å². The quantitative estimate of drug-likeness (QED) is 0.751. The summed E-state index contributed by atoms with van der Waals surface area (Å²) in [5, 5.41) is 9.32. The number of nitrogens with zero attached hydrogens (tertiary/aromatic N) is 3. The molecule has 0 bridgehead atoms. The first-order valence-corrected chi connectivity index (χ1v) is 8.32. The van der Waals surface area contributed by atoms with E-state index in [1.54, 1.807) is 0 Å². The van der Waals surface area contributed by atoms with Crippen molar-refractivity contribution in [3.63, 3.8) is 0 Å². The number of amides is 1. The predicted molar refractivity (Wildman–Crippen MR) is 86.4 cm³/mol. The van der Waals surface area contributed by atoms with E-state index in [9.17, 15) is 10.1 Å². The van der Waals surface area contributed by atoms with Gasteiger partial charge in [0.2, 0.25) is 5.91 Å². The van der Waals surface area contributed by atoms with Crippen LogP contribution in [0.3, 0.4) is 0 Å². The Morgan fingerprint density at radius 3 is 2.74 bits per heavy atom. The number of ether oxygens (including phenoxy) is 1. The van der Waals surface area contributed by atoms with Gasteiger partial charge in [0.25, 0.3) is 0 Å². The van der Waals surface area contributed by atoms with Gasteiger partial charge in [-0.1, -0.05) is 30.3 Å². The van der Waals surface area contributed by atoms with Crippen molar-refractivity contribution in [3.05, 3.63) is 35.9 Å². The number of benzene rings is 1. The van der Waals surface area contributed by atoms with Gasteiger partial charge in [-0.3, -0.25) is 9.69 Å². The van der Waals surface area contributed by atoms with Gasteiger partial charge in [0.1, 0.15) is 6.04 Å². The molecule has 0 radical (unpaired) electrons. The molecule has 1 aromatic carbocycles. The van der Waals surface area contributed by atoms with Crippen LogP contribution in [0.4, 0.5) is 0 Å². The van der Waals surface area contributed by atoms with Crippen molar-refractivity contribution in [3.8, 4) is 6.07 Å². The Bertz CT molecular complexity index is 565. The molecule has 1 aromatic rings. The molecule has 3 rings (SSSR count). The van der Waals surface area contributed by atoms with Crippen molar-refractivity contribution in [2.75, 3.05) is 26.2 Å². The largest absolute Gasteiger partial charge is 0.376 e. The molecule has 0 aromatic heterocycles. The van der Waals surface area contributed by atoms with Crippen LogP contribution in [0.25, 0.3) is 0 Å². The highest BCUT2D eigenvalue weighted by Gasteiger charge is 2.38. The van der Waals surface area contributed by atoms with Gasteiger partial charge in [-0.05, 0) is 18.4 Å². The third-order valence-corrected chi connectivity index (χ3v) is 4.51. The van der Waals surface area contributed by atoms with Crippen molar-refractivity contribution in [1.29, 1.82) is 5.26 Å². The molecule has 2 aliphatic rings. The second-order valence-corrected chi connectivity index (χ2v) is 6.24. The zero-order chi connectivity index (χ0) is 16.1. The Kier molecular flexibility index (Phi) is 5.27. The van der Waals surface area contributed by atoms with Gasteiger partial charge in [-0.2, -0.15) is 5.26 Å². The molecule has 1 saturated heterocycles. The maximum atomic E-state index is 12.3. The molecule has 0 N–H and O–H groups in total. The third kappa shape index (κ3) is 4.31.